The fraction of sp³-hybridized carbons (Fsp3) is 0.556. The lowest BCUT2D eigenvalue weighted by atomic mass is 9.96. The molecule has 0 spiro atoms. The Kier molecular flexibility index (Phi) is 10.5. The maximum absolute atomic E-state index is 11.9. The summed E-state index contributed by atoms with van der Waals surface area (Å²) in [4.78, 5) is 16.1. The normalized spacial score (nSPS) is 15.3. The van der Waals surface area contributed by atoms with E-state index in [1.807, 2.05) is 18.2 Å². The molecule has 1 aliphatic rings. The van der Waals surface area contributed by atoms with E-state index < -0.39 is 0 Å². The van der Waals surface area contributed by atoms with E-state index in [-0.39, 0.29) is 36.4 Å². The van der Waals surface area contributed by atoms with E-state index in [2.05, 4.69) is 33.1 Å². The summed E-state index contributed by atoms with van der Waals surface area (Å²) in [5.74, 6) is 0.711. The number of nitrogens with zero attached hydrogens (tertiary/aromatic N) is 1. The number of carbonyl (C=O) groups is 1. The molecule has 0 aliphatic heterocycles. The Labute approximate surface area is 162 Å². The first-order chi connectivity index (χ1) is 11.3. The molecule has 0 radical (unpaired) electrons. The van der Waals surface area contributed by atoms with Crippen LogP contribution in [-0.4, -0.2) is 38.0 Å². The van der Waals surface area contributed by atoms with Crippen molar-refractivity contribution in [1.82, 2.24) is 16.0 Å². The van der Waals surface area contributed by atoms with Crippen molar-refractivity contribution in [2.45, 2.75) is 44.6 Å². The van der Waals surface area contributed by atoms with Crippen molar-refractivity contribution in [3.8, 4) is 0 Å². The second-order valence-corrected chi connectivity index (χ2v) is 5.99. The zero-order chi connectivity index (χ0) is 16.3. The highest BCUT2D eigenvalue weighted by Gasteiger charge is 2.14. The quantitative estimate of drug-likeness (QED) is 0.359. The molecule has 0 aromatic heterocycles. The summed E-state index contributed by atoms with van der Waals surface area (Å²) >= 11 is 0. The summed E-state index contributed by atoms with van der Waals surface area (Å²) in [5, 5.41) is 9.42. The Morgan fingerprint density at radius 2 is 1.83 bits per heavy atom. The molecule has 24 heavy (non-hydrogen) atoms. The molecule has 0 saturated heterocycles. The molecule has 1 fully saturated rings. The van der Waals surface area contributed by atoms with Gasteiger partial charge < -0.3 is 16.0 Å². The largest absolute Gasteiger partial charge is 0.354 e. The topological polar surface area (TPSA) is 65.5 Å². The van der Waals surface area contributed by atoms with Gasteiger partial charge in [0.2, 0.25) is 5.91 Å². The zero-order valence-corrected chi connectivity index (χ0v) is 16.7. The lowest BCUT2D eigenvalue weighted by molar-refractivity contribution is -0.119. The molecular formula is C18H29IN4O. The number of guanidine groups is 1. The maximum Gasteiger partial charge on any atom is 0.239 e. The lowest BCUT2D eigenvalue weighted by Gasteiger charge is -2.24. The number of carbonyl (C=O) groups excluding carboxylic acids is 1. The molecule has 134 valence electrons. The fourth-order valence-electron chi connectivity index (χ4n) is 2.85. The van der Waals surface area contributed by atoms with Gasteiger partial charge in [0.1, 0.15) is 0 Å². The number of hydrogen-bond acceptors (Lipinski definition) is 2. The van der Waals surface area contributed by atoms with Gasteiger partial charge in [0.25, 0.3) is 0 Å². The first-order valence-corrected chi connectivity index (χ1v) is 8.56. The molecule has 1 aliphatic carbocycles. The number of hydrogen-bond donors (Lipinski definition) is 3. The van der Waals surface area contributed by atoms with Crippen LogP contribution in [0.5, 0.6) is 0 Å². The molecule has 6 heteroatoms. The van der Waals surface area contributed by atoms with Gasteiger partial charge in [-0.1, -0.05) is 49.6 Å². The Morgan fingerprint density at radius 1 is 1.12 bits per heavy atom. The van der Waals surface area contributed by atoms with Crippen LogP contribution >= 0.6 is 24.0 Å². The van der Waals surface area contributed by atoms with Gasteiger partial charge in [0, 0.05) is 19.6 Å². The van der Waals surface area contributed by atoms with Crippen LogP contribution in [0.4, 0.5) is 0 Å². The average Bonchev–Trinajstić information content (AvgIpc) is 2.60. The minimum absolute atomic E-state index is 0. The summed E-state index contributed by atoms with van der Waals surface area (Å²) in [6, 6.07) is 10.6. The summed E-state index contributed by atoms with van der Waals surface area (Å²) < 4.78 is 0. The molecule has 1 aromatic carbocycles. The van der Waals surface area contributed by atoms with Gasteiger partial charge in [0.05, 0.1) is 6.54 Å². The lowest BCUT2D eigenvalue weighted by Crippen LogP contribution is -2.47. The number of nitrogens with one attached hydrogen (secondary N) is 3. The molecule has 0 heterocycles. The minimum atomic E-state index is -0.00692. The Hall–Kier alpha value is -1.31. The Morgan fingerprint density at radius 3 is 2.50 bits per heavy atom. The molecule has 0 atom stereocenters. The summed E-state index contributed by atoms with van der Waals surface area (Å²) in [6.45, 7) is 0.903. The maximum atomic E-state index is 11.9. The first-order valence-electron chi connectivity index (χ1n) is 8.56. The van der Waals surface area contributed by atoms with E-state index >= 15 is 0 Å². The number of benzene rings is 1. The van der Waals surface area contributed by atoms with Gasteiger partial charge in [-0.05, 0) is 24.8 Å². The van der Waals surface area contributed by atoms with Crippen LogP contribution in [0, 0.1) is 0 Å². The summed E-state index contributed by atoms with van der Waals surface area (Å²) in [7, 11) is 1.74. The highest BCUT2D eigenvalue weighted by atomic mass is 127. The van der Waals surface area contributed by atoms with Gasteiger partial charge in [-0.25, -0.2) is 0 Å². The van der Waals surface area contributed by atoms with Gasteiger partial charge in [-0.2, -0.15) is 0 Å². The van der Waals surface area contributed by atoms with Gasteiger partial charge in [-0.15, -0.1) is 24.0 Å². The predicted molar refractivity (Wildman–Crippen MR) is 110 cm³/mol. The Balaban J connectivity index is 0.00000288. The van der Waals surface area contributed by atoms with Crippen LogP contribution < -0.4 is 16.0 Å². The second kappa shape index (κ2) is 12.1. The second-order valence-electron chi connectivity index (χ2n) is 5.99. The van der Waals surface area contributed by atoms with Crippen LogP contribution in [0.25, 0.3) is 0 Å². The SMILES string of the molecule is CN=C(NCC(=O)NCCc1ccccc1)NC1CCCCC1.I. The van der Waals surface area contributed by atoms with Crippen molar-refractivity contribution in [2.75, 3.05) is 20.1 Å². The van der Waals surface area contributed by atoms with Crippen LogP contribution in [-0.2, 0) is 11.2 Å². The van der Waals surface area contributed by atoms with Crippen molar-refractivity contribution in [1.29, 1.82) is 0 Å². The van der Waals surface area contributed by atoms with E-state index in [1.54, 1.807) is 7.05 Å². The molecule has 2 rings (SSSR count). The third kappa shape index (κ3) is 7.99. The van der Waals surface area contributed by atoms with Crippen LogP contribution in [0.15, 0.2) is 35.3 Å². The van der Waals surface area contributed by atoms with E-state index in [1.165, 1.54) is 37.7 Å². The minimum Gasteiger partial charge on any atom is -0.354 e. The molecule has 5 nitrogen and oxygen atoms in total. The van der Waals surface area contributed by atoms with Crippen LogP contribution in [0.2, 0.25) is 0 Å². The van der Waals surface area contributed by atoms with Crippen molar-refractivity contribution in [2.24, 2.45) is 4.99 Å². The first kappa shape index (κ1) is 20.7. The van der Waals surface area contributed by atoms with Crippen molar-refractivity contribution < 1.29 is 4.79 Å². The van der Waals surface area contributed by atoms with E-state index in [0.717, 1.165) is 12.4 Å². The molecule has 3 N–H and O–H groups in total. The standard InChI is InChI=1S/C18H28N4O.HI/c1-19-18(22-16-10-6-3-7-11-16)21-14-17(23)20-13-12-15-8-4-2-5-9-15;/h2,4-5,8-9,16H,3,6-7,10-14H2,1H3,(H,20,23)(H2,19,21,22);1H. The van der Waals surface area contributed by atoms with E-state index in [4.69, 9.17) is 0 Å². The molecule has 0 unspecified atom stereocenters. The van der Waals surface area contributed by atoms with Crippen LogP contribution in [0.1, 0.15) is 37.7 Å². The van der Waals surface area contributed by atoms with Gasteiger partial charge >= 0.3 is 0 Å². The summed E-state index contributed by atoms with van der Waals surface area (Å²) in [5.41, 5.74) is 1.23. The van der Waals surface area contributed by atoms with Crippen molar-refractivity contribution in [3.05, 3.63) is 35.9 Å². The number of aliphatic imine (C=N–C) groups is 1. The fourth-order valence-corrected chi connectivity index (χ4v) is 2.85. The molecule has 1 saturated carbocycles. The monoisotopic (exact) mass is 444 g/mol. The zero-order valence-electron chi connectivity index (χ0n) is 14.4. The van der Waals surface area contributed by atoms with Gasteiger partial charge in [0.15, 0.2) is 5.96 Å². The average molecular weight is 444 g/mol. The van der Waals surface area contributed by atoms with Crippen LogP contribution in [0.3, 0.4) is 0 Å². The summed E-state index contributed by atoms with van der Waals surface area (Å²) in [6.07, 6.45) is 7.09. The molecule has 0 bridgehead atoms. The molecule has 1 amide bonds. The highest BCUT2D eigenvalue weighted by molar-refractivity contribution is 14.0. The van der Waals surface area contributed by atoms with E-state index in [0.29, 0.717) is 12.6 Å². The van der Waals surface area contributed by atoms with E-state index in [9.17, 15) is 4.79 Å². The third-order valence-electron chi connectivity index (χ3n) is 4.16. The van der Waals surface area contributed by atoms with Crippen molar-refractivity contribution in [3.63, 3.8) is 0 Å². The smallest absolute Gasteiger partial charge is 0.239 e. The molecular weight excluding hydrogens is 415 g/mol. The number of halogens is 1. The predicted octanol–water partition coefficient (Wildman–Crippen LogP) is 2.46. The Bertz CT molecular complexity index is 501. The highest BCUT2D eigenvalue weighted by Crippen LogP contribution is 2.17. The van der Waals surface area contributed by atoms with Gasteiger partial charge in [-0.3, -0.25) is 9.79 Å². The molecule has 1 aromatic rings. The third-order valence-corrected chi connectivity index (χ3v) is 4.16. The number of rotatable bonds is 6. The number of amides is 1. The van der Waals surface area contributed by atoms with Crippen molar-refractivity contribution >= 4 is 35.8 Å².